The third kappa shape index (κ3) is 8.08. The fraction of sp³-hybridized carbons (Fsp3) is 0.697. The maximum Gasteiger partial charge on any atom is 0.393 e. The minimum Gasteiger partial charge on any atom is -0.383 e. The van der Waals surface area contributed by atoms with Gasteiger partial charge in [-0.05, 0) is 57.6 Å². The molecule has 2 amide bonds. The highest BCUT2D eigenvalue weighted by Gasteiger charge is 2.45. The Balaban J connectivity index is 1.37. The molecule has 4 atom stereocenters. The van der Waals surface area contributed by atoms with Gasteiger partial charge >= 0.3 is 6.18 Å². The number of methoxy groups -OCH3 is 1. The van der Waals surface area contributed by atoms with Crippen molar-refractivity contribution in [2.24, 2.45) is 17.8 Å². The summed E-state index contributed by atoms with van der Waals surface area (Å²) in [5, 5.41) is 14.4. The SMILES string of the molecule is CCn1nccc1C(=O)N[C@H](c1cn2nc(C[C@H]3C[C@@H](C(F)(F)F)CNC3=O)c(C3CCCN(CCOC)C3)nc2n1)C1CCC(F)(F)CC1. The summed E-state index contributed by atoms with van der Waals surface area (Å²) in [4.78, 5) is 38.3. The van der Waals surface area contributed by atoms with Gasteiger partial charge in [0.25, 0.3) is 11.7 Å². The Bertz CT molecular complexity index is 1650. The standard InChI is InChI=1S/C33H44F5N9O3/c1-3-46-26(8-11-40-46)30(49)42-27(20-6-9-32(34,35)10-7-20)25-19-47-31(41-25)43-28(21-5-4-12-45(18-21)13-14-50-2)24(44-47)16-22-15-23(33(36,37)38)17-39-29(22)48/h8,11,19-23,27H,3-7,9-10,12-18H2,1-2H3,(H,39,48)(H,42,49)/t21?,22-,23-,27+/m1/s1. The van der Waals surface area contributed by atoms with E-state index in [9.17, 15) is 31.5 Å². The predicted molar refractivity (Wildman–Crippen MR) is 170 cm³/mol. The van der Waals surface area contributed by atoms with E-state index >= 15 is 0 Å². The minimum absolute atomic E-state index is 0.0440. The number of aryl methyl sites for hydroxylation is 1. The molecule has 3 aromatic heterocycles. The molecule has 1 unspecified atom stereocenters. The Labute approximate surface area is 286 Å². The molecule has 3 aromatic rings. The summed E-state index contributed by atoms with van der Waals surface area (Å²) in [6.07, 6.45) is -0.451. The molecule has 2 N–H and O–H groups in total. The zero-order valence-electron chi connectivity index (χ0n) is 28.3. The largest absolute Gasteiger partial charge is 0.393 e. The first-order valence-electron chi connectivity index (χ1n) is 17.4. The van der Waals surface area contributed by atoms with E-state index in [2.05, 4.69) is 20.6 Å². The lowest BCUT2D eigenvalue weighted by atomic mass is 9.81. The van der Waals surface area contributed by atoms with E-state index < -0.39 is 48.3 Å². The molecule has 0 radical (unpaired) electrons. The van der Waals surface area contributed by atoms with Crippen molar-refractivity contribution in [2.75, 3.05) is 39.9 Å². The first-order chi connectivity index (χ1) is 23.8. The zero-order valence-corrected chi connectivity index (χ0v) is 28.3. The highest BCUT2D eigenvalue weighted by atomic mass is 19.4. The van der Waals surface area contributed by atoms with Crippen LogP contribution in [-0.4, -0.2) is 98.1 Å². The van der Waals surface area contributed by atoms with Gasteiger partial charge in [-0.1, -0.05) is 0 Å². The maximum absolute atomic E-state index is 14.2. The van der Waals surface area contributed by atoms with Crippen molar-refractivity contribution in [3.8, 4) is 0 Å². The van der Waals surface area contributed by atoms with Gasteiger partial charge in [0.2, 0.25) is 11.8 Å². The predicted octanol–water partition coefficient (Wildman–Crippen LogP) is 4.32. The molecular weight excluding hydrogens is 665 g/mol. The number of fused-ring (bicyclic) bond motifs is 1. The van der Waals surface area contributed by atoms with Gasteiger partial charge < -0.3 is 20.3 Å². The van der Waals surface area contributed by atoms with Crippen molar-refractivity contribution in [3.05, 3.63) is 41.2 Å². The molecule has 0 aromatic carbocycles. The van der Waals surface area contributed by atoms with Crippen molar-refractivity contribution in [2.45, 2.75) is 88.9 Å². The van der Waals surface area contributed by atoms with Gasteiger partial charge in [0.05, 0.1) is 41.8 Å². The van der Waals surface area contributed by atoms with Gasteiger partial charge in [-0.3, -0.25) is 14.3 Å². The van der Waals surface area contributed by atoms with Crippen LogP contribution in [-0.2, 0) is 22.5 Å². The molecule has 17 heteroatoms. The van der Waals surface area contributed by atoms with Crippen molar-refractivity contribution < 1.29 is 36.3 Å². The molecule has 0 spiro atoms. The van der Waals surface area contributed by atoms with Gasteiger partial charge in [-0.2, -0.15) is 23.4 Å². The number of imidazole rings is 1. The van der Waals surface area contributed by atoms with Gasteiger partial charge in [0.15, 0.2) is 0 Å². The molecule has 12 nitrogen and oxygen atoms in total. The molecule has 3 fully saturated rings. The minimum atomic E-state index is -4.45. The van der Waals surface area contributed by atoms with Crippen LogP contribution in [0.4, 0.5) is 22.0 Å². The van der Waals surface area contributed by atoms with Crippen LogP contribution in [0, 0.1) is 17.8 Å². The highest BCUT2D eigenvalue weighted by molar-refractivity contribution is 5.92. The summed E-state index contributed by atoms with van der Waals surface area (Å²) < 4.78 is 77.8. The third-order valence-electron chi connectivity index (χ3n) is 10.4. The van der Waals surface area contributed by atoms with E-state index in [-0.39, 0.29) is 56.1 Å². The lowest BCUT2D eigenvalue weighted by Crippen LogP contribution is -2.47. The Kier molecular flexibility index (Phi) is 10.7. The maximum atomic E-state index is 14.2. The number of aromatic nitrogens is 6. The number of piperidine rings is 2. The van der Waals surface area contributed by atoms with E-state index in [0.29, 0.717) is 49.0 Å². The second-order valence-electron chi connectivity index (χ2n) is 13.8. The number of hydrogen-bond donors (Lipinski definition) is 2. The number of carbonyl (C=O) groups is 2. The Morgan fingerprint density at radius 2 is 1.98 bits per heavy atom. The Morgan fingerprint density at radius 1 is 1.20 bits per heavy atom. The molecular formula is C33H44F5N9O3. The number of likely N-dealkylation sites (tertiary alicyclic amines) is 1. The average molecular weight is 710 g/mol. The summed E-state index contributed by atoms with van der Waals surface area (Å²) in [7, 11) is 1.63. The monoisotopic (exact) mass is 709 g/mol. The van der Waals surface area contributed by atoms with Crippen LogP contribution in [0.5, 0.6) is 0 Å². The lowest BCUT2D eigenvalue weighted by molar-refractivity contribution is -0.183. The first kappa shape index (κ1) is 36.1. The normalized spacial score (nSPS) is 24.3. The summed E-state index contributed by atoms with van der Waals surface area (Å²) in [6, 6.07) is 0.839. The summed E-state index contributed by atoms with van der Waals surface area (Å²) in [5.74, 6) is -6.55. The zero-order chi connectivity index (χ0) is 35.6. The van der Waals surface area contributed by atoms with Crippen LogP contribution in [0.15, 0.2) is 18.5 Å². The molecule has 1 aliphatic carbocycles. The number of rotatable bonds is 11. The molecule has 2 aliphatic heterocycles. The molecule has 2 saturated heterocycles. The van der Waals surface area contributed by atoms with Crippen LogP contribution >= 0.6 is 0 Å². The van der Waals surface area contributed by atoms with Crippen LogP contribution in [0.25, 0.3) is 5.78 Å². The summed E-state index contributed by atoms with van der Waals surface area (Å²) >= 11 is 0. The third-order valence-corrected chi connectivity index (χ3v) is 10.4. The number of amides is 2. The van der Waals surface area contributed by atoms with Crippen LogP contribution in [0.2, 0.25) is 0 Å². The van der Waals surface area contributed by atoms with Gasteiger partial charge in [0.1, 0.15) is 5.69 Å². The molecule has 5 heterocycles. The lowest BCUT2D eigenvalue weighted by Gasteiger charge is -2.33. The Hall–Kier alpha value is -3.73. The fourth-order valence-corrected chi connectivity index (χ4v) is 7.59. The average Bonchev–Trinajstić information content (AvgIpc) is 3.74. The number of ether oxygens (including phenoxy) is 1. The second-order valence-corrected chi connectivity index (χ2v) is 13.8. The van der Waals surface area contributed by atoms with Gasteiger partial charge in [0, 0.05) is 70.6 Å². The van der Waals surface area contributed by atoms with E-state index in [1.165, 1.54) is 15.4 Å². The van der Waals surface area contributed by atoms with Crippen LogP contribution < -0.4 is 10.6 Å². The molecule has 0 bridgehead atoms. The number of nitrogens with zero attached hydrogens (tertiary/aromatic N) is 7. The topological polar surface area (TPSA) is 132 Å². The van der Waals surface area contributed by atoms with E-state index in [1.54, 1.807) is 19.4 Å². The molecule has 3 aliphatic rings. The number of hydrogen-bond acceptors (Lipinski definition) is 8. The van der Waals surface area contributed by atoms with Crippen molar-refractivity contribution in [1.29, 1.82) is 0 Å². The molecule has 50 heavy (non-hydrogen) atoms. The number of nitrogens with one attached hydrogen (secondary N) is 2. The van der Waals surface area contributed by atoms with Crippen molar-refractivity contribution in [1.82, 2.24) is 44.9 Å². The van der Waals surface area contributed by atoms with Gasteiger partial charge in [-0.25, -0.2) is 23.3 Å². The van der Waals surface area contributed by atoms with Crippen LogP contribution in [0.1, 0.15) is 91.4 Å². The van der Waals surface area contributed by atoms with E-state index in [1.807, 2.05) is 6.92 Å². The van der Waals surface area contributed by atoms with Gasteiger partial charge in [-0.15, -0.1) is 0 Å². The van der Waals surface area contributed by atoms with Crippen molar-refractivity contribution >= 4 is 17.6 Å². The smallest absolute Gasteiger partial charge is 0.383 e. The van der Waals surface area contributed by atoms with Crippen LogP contribution in [0.3, 0.4) is 0 Å². The highest BCUT2D eigenvalue weighted by Crippen LogP contribution is 2.42. The number of carbonyl (C=O) groups excluding carboxylic acids is 2. The number of halogens is 5. The van der Waals surface area contributed by atoms with Crippen molar-refractivity contribution in [3.63, 3.8) is 0 Å². The summed E-state index contributed by atoms with van der Waals surface area (Å²) in [5.41, 5.74) is 1.69. The fourth-order valence-electron chi connectivity index (χ4n) is 7.59. The van der Waals surface area contributed by atoms with E-state index in [0.717, 1.165) is 19.4 Å². The number of alkyl halides is 5. The molecule has 1 saturated carbocycles. The first-order valence-corrected chi connectivity index (χ1v) is 17.4. The molecule has 6 rings (SSSR count). The Morgan fingerprint density at radius 3 is 2.70 bits per heavy atom. The summed E-state index contributed by atoms with van der Waals surface area (Å²) in [6.45, 7) is 4.56. The van der Waals surface area contributed by atoms with E-state index in [4.69, 9.17) is 19.8 Å². The quantitative estimate of drug-likeness (QED) is 0.282. The molecule has 274 valence electrons. The second kappa shape index (κ2) is 14.9.